The van der Waals surface area contributed by atoms with E-state index in [4.69, 9.17) is 37.9 Å². The number of aliphatic hydroxyl groups excluding tert-OH is 8. The molecule has 9 rings (SSSR count). The quantitative estimate of drug-likeness (QED) is 0.169. The van der Waals surface area contributed by atoms with Crippen molar-refractivity contribution in [3.63, 3.8) is 0 Å². The van der Waals surface area contributed by atoms with Gasteiger partial charge in [-0.05, 0) is 118 Å². The maximum absolute atomic E-state index is 12.0. The molecule has 350 valence electrons. The Kier molecular flexibility index (Phi) is 12.6. The Labute approximate surface area is 359 Å². The molecular weight excluding hydrogens is 796 g/mol. The van der Waals surface area contributed by atoms with E-state index in [0.29, 0.717) is 41.4 Å². The van der Waals surface area contributed by atoms with Gasteiger partial charge in [0.15, 0.2) is 24.7 Å². The van der Waals surface area contributed by atoms with Crippen molar-refractivity contribution in [1.82, 2.24) is 0 Å². The van der Waals surface area contributed by atoms with Gasteiger partial charge < -0.3 is 78.7 Å². The van der Waals surface area contributed by atoms with Crippen LogP contribution < -0.4 is 0 Å². The molecule has 0 radical (unpaired) electrons. The molecule has 16 nitrogen and oxygen atoms in total. The van der Waals surface area contributed by atoms with E-state index >= 15 is 0 Å². The van der Waals surface area contributed by atoms with E-state index in [1.807, 2.05) is 0 Å². The van der Waals surface area contributed by atoms with Crippen LogP contribution in [-0.4, -0.2) is 164 Å². The van der Waals surface area contributed by atoms with Crippen LogP contribution in [0.4, 0.5) is 0 Å². The van der Waals surface area contributed by atoms with Gasteiger partial charge in [0, 0.05) is 12.3 Å². The molecule has 9 aliphatic rings. The highest BCUT2D eigenvalue weighted by Gasteiger charge is 2.69. The monoisotopic (exact) mass is 870 g/mol. The Bertz CT molecular complexity index is 1530. The first kappa shape index (κ1) is 45.5. The van der Waals surface area contributed by atoms with Crippen molar-refractivity contribution in [1.29, 1.82) is 0 Å². The normalized spacial score (nSPS) is 59.7. The maximum Gasteiger partial charge on any atom is 0.187 e. The van der Waals surface area contributed by atoms with Crippen LogP contribution in [-0.2, 0) is 37.9 Å². The highest BCUT2D eigenvalue weighted by molar-refractivity contribution is 5.15. The van der Waals surface area contributed by atoms with Gasteiger partial charge in [0.05, 0.1) is 37.6 Å². The van der Waals surface area contributed by atoms with Gasteiger partial charge in [-0.3, -0.25) is 0 Å². The van der Waals surface area contributed by atoms with Gasteiger partial charge >= 0.3 is 0 Å². The molecule has 4 aliphatic carbocycles. The lowest BCUT2D eigenvalue weighted by Crippen LogP contribution is -2.66. The Hall–Kier alpha value is -0.640. The van der Waals surface area contributed by atoms with E-state index < -0.39 is 105 Å². The lowest BCUT2D eigenvalue weighted by molar-refractivity contribution is -0.389. The van der Waals surface area contributed by atoms with Crippen molar-refractivity contribution in [3.8, 4) is 0 Å². The van der Waals surface area contributed by atoms with Crippen molar-refractivity contribution in [3.05, 3.63) is 0 Å². The molecule has 9 fully saturated rings. The van der Waals surface area contributed by atoms with E-state index in [1.54, 1.807) is 0 Å². The Morgan fingerprint density at radius 3 is 1.85 bits per heavy atom. The average molecular weight is 871 g/mol. The summed E-state index contributed by atoms with van der Waals surface area (Å²) < 4.78 is 50.3. The fourth-order valence-corrected chi connectivity index (χ4v) is 14.6. The minimum absolute atomic E-state index is 0.122. The molecule has 61 heavy (non-hydrogen) atoms. The molecule has 27 atom stereocenters. The molecule has 8 N–H and O–H groups in total. The van der Waals surface area contributed by atoms with Crippen molar-refractivity contribution in [2.24, 2.45) is 52.3 Å². The average Bonchev–Trinajstić information content (AvgIpc) is 3.69. The Morgan fingerprint density at radius 1 is 0.590 bits per heavy atom. The molecule has 16 heteroatoms. The number of hydrogen-bond donors (Lipinski definition) is 8. The van der Waals surface area contributed by atoms with Gasteiger partial charge in [-0.2, -0.15) is 0 Å². The molecule has 0 amide bonds. The summed E-state index contributed by atoms with van der Waals surface area (Å²) in [5.74, 6) is 3.27. The molecule has 0 unspecified atom stereocenters. The van der Waals surface area contributed by atoms with Crippen molar-refractivity contribution >= 4 is 0 Å². The van der Waals surface area contributed by atoms with Gasteiger partial charge in [-0.15, -0.1) is 0 Å². The molecule has 0 bridgehead atoms. The summed E-state index contributed by atoms with van der Waals surface area (Å²) in [7, 11) is 0. The first-order valence-corrected chi connectivity index (χ1v) is 23.5. The van der Waals surface area contributed by atoms with Gasteiger partial charge in [0.25, 0.3) is 0 Å². The molecule has 5 aliphatic heterocycles. The van der Waals surface area contributed by atoms with Crippen LogP contribution in [0, 0.1) is 52.3 Å². The molecule has 1 spiro atoms. The highest BCUT2D eigenvalue weighted by Crippen LogP contribution is 2.71. The third-order valence-corrected chi connectivity index (χ3v) is 18.2. The first-order chi connectivity index (χ1) is 28.9. The van der Waals surface area contributed by atoms with E-state index in [1.165, 1.54) is 26.7 Å². The minimum atomic E-state index is -1.70. The largest absolute Gasteiger partial charge is 0.394 e. The molecule has 0 aromatic rings. The van der Waals surface area contributed by atoms with Gasteiger partial charge in [0.1, 0.15) is 61.0 Å². The van der Waals surface area contributed by atoms with Crippen LogP contribution in [0.15, 0.2) is 0 Å². The minimum Gasteiger partial charge on any atom is -0.394 e. The van der Waals surface area contributed by atoms with Crippen LogP contribution in [0.3, 0.4) is 0 Å². The standard InChI is InChI=1S/C45H74O16/c1-19-9-14-45(54-18-19)20(2)30-28(61-45)16-27-25-8-7-23-15-24(10-12-43(23,5)26(25)11-13-44(27,30)6)57-42-39(60-41-36(52)34(50)32(48)22(4)56-41)37(53)38(29(17-46)58-42)59-40-35(51)33(49)31(47)21(3)55-40/h19-42,46-53H,7-18H2,1-6H3/t19-,20+,21-,22-,23+,24+,25-,26-,27+,28+,29+,30+,31-,32-,33+,34+,35+,36+,37-,38+,39+,40+,41+,42+,43-,44-,45-/m1/s1. The van der Waals surface area contributed by atoms with Crippen molar-refractivity contribution < 1.29 is 78.7 Å². The number of aliphatic hydroxyl groups is 8. The van der Waals surface area contributed by atoms with Crippen LogP contribution in [0.2, 0.25) is 0 Å². The zero-order valence-electron chi connectivity index (χ0n) is 36.7. The summed E-state index contributed by atoms with van der Waals surface area (Å²) in [6.07, 6.45) is -11.0. The van der Waals surface area contributed by atoms with Gasteiger partial charge in [-0.25, -0.2) is 0 Å². The number of ether oxygens (including phenoxy) is 8. The summed E-state index contributed by atoms with van der Waals surface area (Å²) in [5.41, 5.74) is 0.350. The maximum atomic E-state index is 12.0. The van der Waals surface area contributed by atoms with Gasteiger partial charge in [0.2, 0.25) is 0 Å². The number of hydrogen-bond acceptors (Lipinski definition) is 16. The third-order valence-electron chi connectivity index (χ3n) is 18.2. The second-order valence-corrected chi connectivity index (χ2v) is 21.5. The van der Waals surface area contributed by atoms with Crippen LogP contribution >= 0.6 is 0 Å². The number of rotatable bonds is 7. The second kappa shape index (κ2) is 16.9. The lowest BCUT2D eigenvalue weighted by Gasteiger charge is -2.61. The number of fused-ring (bicyclic) bond motifs is 7. The molecule has 0 aromatic carbocycles. The van der Waals surface area contributed by atoms with Crippen LogP contribution in [0.1, 0.15) is 106 Å². The molecular formula is C45H74O16. The zero-order chi connectivity index (χ0) is 43.5. The predicted molar refractivity (Wildman–Crippen MR) is 213 cm³/mol. The smallest absolute Gasteiger partial charge is 0.187 e. The summed E-state index contributed by atoms with van der Waals surface area (Å²) in [6.45, 7) is 12.9. The summed E-state index contributed by atoms with van der Waals surface area (Å²) in [6, 6.07) is 0. The fourth-order valence-electron chi connectivity index (χ4n) is 14.6. The van der Waals surface area contributed by atoms with E-state index in [9.17, 15) is 40.9 Å². The van der Waals surface area contributed by atoms with Crippen molar-refractivity contribution in [2.45, 2.75) is 216 Å². The zero-order valence-corrected chi connectivity index (χ0v) is 36.7. The summed E-state index contributed by atoms with van der Waals surface area (Å²) in [5, 5.41) is 85.9. The molecule has 5 heterocycles. The topological polar surface area (TPSA) is 236 Å². The summed E-state index contributed by atoms with van der Waals surface area (Å²) in [4.78, 5) is 0. The lowest BCUT2D eigenvalue weighted by atomic mass is 9.44. The van der Waals surface area contributed by atoms with Crippen LogP contribution in [0.5, 0.6) is 0 Å². The Balaban J connectivity index is 0.897. The van der Waals surface area contributed by atoms with Crippen molar-refractivity contribution in [2.75, 3.05) is 13.2 Å². The van der Waals surface area contributed by atoms with E-state index in [-0.39, 0.29) is 23.0 Å². The predicted octanol–water partition coefficient (Wildman–Crippen LogP) is 1.32. The first-order valence-electron chi connectivity index (χ1n) is 23.5. The SMILES string of the molecule is C[C@@H]1CC[C@@]2(OC1)O[C@H]1C[C@H]3[C@@H]4CC[C@H]5C[C@@H](O[C@H]6O[C@@H](CO)[C@H](O[C@@H]7O[C@H](C)[C@@H](O)[C@H](O)[C@@H]7O)[C@@H](O)[C@@H]6O[C@@H]6O[C@H](C)[C@@H](O)[C@H](O)[C@@H]6O)CC[C@@]5(C)[C@@H]4CC[C@@]3(C)[C@H]1[C@@H]2C. The van der Waals surface area contributed by atoms with E-state index in [2.05, 4.69) is 27.7 Å². The Morgan fingerprint density at radius 2 is 1.23 bits per heavy atom. The molecule has 4 saturated carbocycles. The van der Waals surface area contributed by atoms with Crippen LogP contribution in [0.25, 0.3) is 0 Å². The fraction of sp³-hybridized carbons (Fsp3) is 1.00. The highest BCUT2D eigenvalue weighted by atomic mass is 16.8. The molecule has 5 saturated heterocycles. The summed E-state index contributed by atoms with van der Waals surface area (Å²) >= 11 is 0. The second-order valence-electron chi connectivity index (χ2n) is 21.5. The van der Waals surface area contributed by atoms with Gasteiger partial charge in [-0.1, -0.05) is 27.7 Å². The molecule has 0 aromatic heterocycles. The van der Waals surface area contributed by atoms with E-state index in [0.717, 1.165) is 58.0 Å². The third kappa shape index (κ3) is 7.50.